The maximum Gasteiger partial charge on any atom is 0.254 e. The molecule has 1 fully saturated rings. The van der Waals surface area contributed by atoms with E-state index in [1.807, 2.05) is 55.1 Å². The van der Waals surface area contributed by atoms with Gasteiger partial charge in [0.25, 0.3) is 5.91 Å². The zero-order valence-electron chi connectivity index (χ0n) is 19.4. The van der Waals surface area contributed by atoms with Crippen molar-refractivity contribution in [3.63, 3.8) is 0 Å². The maximum atomic E-state index is 13.8. The van der Waals surface area contributed by atoms with Crippen LogP contribution in [0.15, 0.2) is 36.4 Å². The van der Waals surface area contributed by atoms with Crippen LogP contribution in [0.4, 0.5) is 0 Å². The third kappa shape index (κ3) is 3.85. The standard InChI is InChI=1S/C27H32N2O4/c1-3-32-22-15-17-13-14-29-25(21(17)16-23(22)33-4-2)24(26(30)28-18-9-5-6-10-18)19-11-7-8-12-20(19)27(29)31/h7-8,11-12,15-16,18,24-25H,3-6,9-10,13-14H2,1-2H3,(H,28,30)/t24-,25+/m1/s1. The molecule has 33 heavy (non-hydrogen) atoms. The molecule has 0 radical (unpaired) electrons. The van der Waals surface area contributed by atoms with Crippen LogP contribution in [-0.2, 0) is 11.2 Å². The molecule has 2 aliphatic heterocycles. The number of amides is 2. The normalized spacial score (nSPS) is 21.8. The Labute approximate surface area is 195 Å². The van der Waals surface area contributed by atoms with E-state index in [1.165, 1.54) is 0 Å². The molecule has 3 aliphatic rings. The van der Waals surface area contributed by atoms with Gasteiger partial charge in [-0.3, -0.25) is 9.59 Å². The van der Waals surface area contributed by atoms with Gasteiger partial charge in [-0.2, -0.15) is 0 Å². The molecule has 0 spiro atoms. The number of benzene rings is 2. The van der Waals surface area contributed by atoms with Crippen molar-refractivity contribution in [1.82, 2.24) is 10.2 Å². The third-order valence-electron chi connectivity index (χ3n) is 7.17. The van der Waals surface area contributed by atoms with Crippen molar-refractivity contribution < 1.29 is 19.1 Å². The van der Waals surface area contributed by atoms with Crippen molar-refractivity contribution >= 4 is 11.8 Å². The molecule has 2 atom stereocenters. The van der Waals surface area contributed by atoms with E-state index >= 15 is 0 Å². The van der Waals surface area contributed by atoms with Crippen LogP contribution < -0.4 is 14.8 Å². The first kappa shape index (κ1) is 21.8. The Morgan fingerprint density at radius 2 is 1.73 bits per heavy atom. The molecule has 2 amide bonds. The van der Waals surface area contributed by atoms with Gasteiger partial charge in [0.1, 0.15) is 0 Å². The Kier molecular flexibility index (Phi) is 6.00. The summed E-state index contributed by atoms with van der Waals surface area (Å²) in [6.45, 7) is 5.54. The zero-order chi connectivity index (χ0) is 22.9. The summed E-state index contributed by atoms with van der Waals surface area (Å²) < 4.78 is 11.8. The predicted octanol–water partition coefficient (Wildman–Crippen LogP) is 4.38. The lowest BCUT2D eigenvalue weighted by Gasteiger charge is -2.45. The maximum absolute atomic E-state index is 13.8. The fraction of sp³-hybridized carbons (Fsp3) is 0.481. The minimum absolute atomic E-state index is 0.00184. The number of nitrogens with zero attached hydrogens (tertiary/aromatic N) is 1. The van der Waals surface area contributed by atoms with Crippen LogP contribution in [0.1, 0.15) is 78.5 Å². The number of carbonyl (C=O) groups excluding carboxylic acids is 2. The summed E-state index contributed by atoms with van der Waals surface area (Å²) in [4.78, 5) is 29.1. The van der Waals surface area contributed by atoms with Gasteiger partial charge in [-0.1, -0.05) is 31.0 Å². The molecule has 1 N–H and O–H groups in total. The molecular weight excluding hydrogens is 416 g/mol. The molecule has 0 unspecified atom stereocenters. The zero-order valence-corrected chi connectivity index (χ0v) is 19.4. The highest BCUT2D eigenvalue weighted by molar-refractivity contribution is 6.01. The number of rotatable bonds is 6. The first-order valence-corrected chi connectivity index (χ1v) is 12.2. The molecule has 1 saturated carbocycles. The minimum Gasteiger partial charge on any atom is -0.490 e. The van der Waals surface area contributed by atoms with Crippen molar-refractivity contribution in [1.29, 1.82) is 0 Å². The molecule has 174 valence electrons. The van der Waals surface area contributed by atoms with Gasteiger partial charge in [0.05, 0.1) is 25.2 Å². The van der Waals surface area contributed by atoms with E-state index in [4.69, 9.17) is 9.47 Å². The number of fused-ring (bicyclic) bond motifs is 4. The van der Waals surface area contributed by atoms with E-state index in [9.17, 15) is 9.59 Å². The number of hydrogen-bond donors (Lipinski definition) is 1. The Hall–Kier alpha value is -3.02. The topological polar surface area (TPSA) is 67.9 Å². The van der Waals surface area contributed by atoms with Gasteiger partial charge in [-0.25, -0.2) is 0 Å². The largest absolute Gasteiger partial charge is 0.490 e. The van der Waals surface area contributed by atoms with Crippen molar-refractivity contribution in [2.24, 2.45) is 0 Å². The molecule has 2 heterocycles. The Morgan fingerprint density at radius 1 is 1.03 bits per heavy atom. The fourth-order valence-electron chi connectivity index (χ4n) is 5.71. The molecule has 5 rings (SSSR count). The van der Waals surface area contributed by atoms with E-state index in [0.717, 1.165) is 54.5 Å². The molecule has 0 bridgehead atoms. The van der Waals surface area contributed by atoms with E-state index < -0.39 is 5.92 Å². The molecule has 0 aromatic heterocycles. The first-order valence-electron chi connectivity index (χ1n) is 12.2. The molecule has 2 aromatic rings. The summed E-state index contributed by atoms with van der Waals surface area (Å²) >= 11 is 0. The number of hydrogen-bond acceptors (Lipinski definition) is 4. The van der Waals surface area contributed by atoms with E-state index in [0.29, 0.717) is 31.1 Å². The summed E-state index contributed by atoms with van der Waals surface area (Å²) in [5, 5.41) is 3.31. The second-order valence-corrected chi connectivity index (χ2v) is 9.11. The SMILES string of the molecule is CCOc1cc2c(cc1OCC)[C@H]1[C@H](C(=O)NC3CCCC3)c3ccccc3C(=O)N1CC2. The van der Waals surface area contributed by atoms with Gasteiger partial charge in [0, 0.05) is 18.2 Å². The molecule has 6 heteroatoms. The van der Waals surface area contributed by atoms with Crippen LogP contribution in [0.2, 0.25) is 0 Å². The van der Waals surface area contributed by atoms with Crippen molar-refractivity contribution in [3.8, 4) is 11.5 Å². The second kappa shape index (κ2) is 9.08. The summed E-state index contributed by atoms with van der Waals surface area (Å²) in [5.41, 5.74) is 3.57. The predicted molar refractivity (Wildman–Crippen MR) is 126 cm³/mol. The van der Waals surface area contributed by atoms with Crippen molar-refractivity contribution in [2.75, 3.05) is 19.8 Å². The summed E-state index contributed by atoms with van der Waals surface area (Å²) in [6, 6.07) is 11.5. The number of nitrogens with one attached hydrogen (secondary N) is 1. The van der Waals surface area contributed by atoms with E-state index in [2.05, 4.69) is 5.32 Å². The third-order valence-corrected chi connectivity index (χ3v) is 7.17. The molecular formula is C27H32N2O4. The summed E-state index contributed by atoms with van der Waals surface area (Å²) in [5.74, 6) is 0.947. The van der Waals surface area contributed by atoms with Gasteiger partial charge >= 0.3 is 0 Å². The monoisotopic (exact) mass is 448 g/mol. The van der Waals surface area contributed by atoms with E-state index in [1.54, 1.807) is 0 Å². The average molecular weight is 449 g/mol. The van der Waals surface area contributed by atoms with E-state index in [-0.39, 0.29) is 23.9 Å². The Bertz CT molecular complexity index is 1060. The molecule has 1 aliphatic carbocycles. The highest BCUT2D eigenvalue weighted by Crippen LogP contribution is 2.48. The molecule has 6 nitrogen and oxygen atoms in total. The average Bonchev–Trinajstić information content (AvgIpc) is 3.33. The van der Waals surface area contributed by atoms with Gasteiger partial charge in [0.15, 0.2) is 11.5 Å². The van der Waals surface area contributed by atoms with Crippen LogP contribution in [0.5, 0.6) is 11.5 Å². The fourth-order valence-corrected chi connectivity index (χ4v) is 5.71. The molecule has 2 aromatic carbocycles. The molecule has 0 saturated heterocycles. The van der Waals surface area contributed by atoms with Crippen LogP contribution >= 0.6 is 0 Å². The number of ether oxygens (including phenoxy) is 2. The lowest BCUT2D eigenvalue weighted by molar-refractivity contribution is -0.125. The number of carbonyl (C=O) groups is 2. The van der Waals surface area contributed by atoms with Crippen LogP contribution in [0.25, 0.3) is 0 Å². The lowest BCUT2D eigenvalue weighted by atomic mass is 9.75. The quantitative estimate of drug-likeness (QED) is 0.712. The Balaban J connectivity index is 1.62. The second-order valence-electron chi connectivity index (χ2n) is 9.11. The smallest absolute Gasteiger partial charge is 0.254 e. The van der Waals surface area contributed by atoms with Gasteiger partial charge in [0.2, 0.25) is 5.91 Å². The van der Waals surface area contributed by atoms with Gasteiger partial charge < -0.3 is 19.7 Å². The van der Waals surface area contributed by atoms with Crippen LogP contribution in [-0.4, -0.2) is 42.5 Å². The summed E-state index contributed by atoms with van der Waals surface area (Å²) in [7, 11) is 0. The van der Waals surface area contributed by atoms with Crippen molar-refractivity contribution in [2.45, 2.75) is 64.0 Å². The highest BCUT2D eigenvalue weighted by Gasteiger charge is 2.47. The highest BCUT2D eigenvalue weighted by atomic mass is 16.5. The van der Waals surface area contributed by atoms with Gasteiger partial charge in [-0.15, -0.1) is 0 Å². The lowest BCUT2D eigenvalue weighted by Crippen LogP contribution is -2.51. The summed E-state index contributed by atoms with van der Waals surface area (Å²) in [6.07, 6.45) is 5.08. The minimum atomic E-state index is -0.453. The van der Waals surface area contributed by atoms with Crippen molar-refractivity contribution in [3.05, 3.63) is 58.7 Å². The van der Waals surface area contributed by atoms with Crippen LogP contribution in [0, 0.1) is 0 Å². The van der Waals surface area contributed by atoms with Gasteiger partial charge in [-0.05, 0) is 68.0 Å². The van der Waals surface area contributed by atoms with Crippen LogP contribution in [0.3, 0.4) is 0 Å². The first-order chi connectivity index (χ1) is 16.1. The Morgan fingerprint density at radius 3 is 2.45 bits per heavy atom.